The molecule has 2 aliphatic rings. The van der Waals surface area contributed by atoms with Crippen molar-refractivity contribution in [2.45, 2.75) is 6.54 Å². The van der Waals surface area contributed by atoms with Gasteiger partial charge in [-0.15, -0.1) is 0 Å². The topological polar surface area (TPSA) is 126 Å². The van der Waals surface area contributed by atoms with Gasteiger partial charge in [-0.1, -0.05) is 12.1 Å². The molecular weight excluding hydrogens is 470 g/mol. The lowest BCUT2D eigenvalue weighted by Crippen LogP contribution is -2.46. The van der Waals surface area contributed by atoms with E-state index in [0.29, 0.717) is 25.3 Å². The lowest BCUT2D eigenvalue weighted by atomic mass is 10.1. The highest BCUT2D eigenvalue weighted by atomic mass is 32.2. The highest BCUT2D eigenvalue weighted by Gasteiger charge is 2.22. The molecule has 0 unspecified atom stereocenters. The number of anilines is 1. The Balaban J connectivity index is 1.43. The van der Waals surface area contributed by atoms with Gasteiger partial charge >= 0.3 is 0 Å². The molecule has 2 fully saturated rings. The first-order chi connectivity index (χ1) is 17.0. The number of carbonyl (C=O) groups excluding carboxylic acids is 1. The van der Waals surface area contributed by atoms with E-state index in [9.17, 15) is 13.2 Å². The lowest BCUT2D eigenvalue weighted by molar-refractivity contribution is 0.1000. The molecule has 186 valence electrons. The summed E-state index contributed by atoms with van der Waals surface area (Å²) in [5.41, 5.74) is 9.23. The van der Waals surface area contributed by atoms with Crippen molar-refractivity contribution >= 4 is 28.1 Å². The zero-order chi connectivity index (χ0) is 24.4. The van der Waals surface area contributed by atoms with Crippen LogP contribution in [0.3, 0.4) is 0 Å². The predicted octanol–water partition coefficient (Wildman–Crippen LogP) is 0.0183. The molecule has 35 heavy (non-hydrogen) atoms. The molecule has 0 bridgehead atoms. The van der Waals surface area contributed by atoms with Crippen LogP contribution in [-0.2, 0) is 22.0 Å². The van der Waals surface area contributed by atoms with Gasteiger partial charge in [-0.25, -0.2) is 18.4 Å². The van der Waals surface area contributed by atoms with Gasteiger partial charge < -0.3 is 19.8 Å². The van der Waals surface area contributed by atoms with Gasteiger partial charge in [-0.3, -0.25) is 14.6 Å². The van der Waals surface area contributed by atoms with Crippen molar-refractivity contribution in [1.82, 2.24) is 24.2 Å². The minimum absolute atomic E-state index is 0.120. The van der Waals surface area contributed by atoms with Crippen LogP contribution in [0.15, 0.2) is 36.7 Å². The van der Waals surface area contributed by atoms with E-state index in [1.54, 1.807) is 12.1 Å². The number of piperazine rings is 1. The van der Waals surface area contributed by atoms with Crippen molar-refractivity contribution in [3.8, 4) is 11.3 Å². The van der Waals surface area contributed by atoms with Crippen LogP contribution in [0.2, 0.25) is 0 Å². The second-order valence-electron chi connectivity index (χ2n) is 8.82. The first-order valence-electron chi connectivity index (χ1n) is 11.6. The number of rotatable bonds is 7. The number of thiol groups is 1. The number of aromatic nitrogens is 3. The van der Waals surface area contributed by atoms with E-state index in [1.165, 1.54) is 0 Å². The quantitative estimate of drug-likeness (QED) is 0.433. The smallest absolute Gasteiger partial charge is 0.248 e. The van der Waals surface area contributed by atoms with Crippen molar-refractivity contribution < 1.29 is 17.9 Å². The molecule has 11 nitrogen and oxygen atoms in total. The first-order valence-corrected chi connectivity index (χ1v) is 13.0. The van der Waals surface area contributed by atoms with E-state index in [4.69, 9.17) is 20.4 Å². The largest absolute Gasteiger partial charge is 0.378 e. The summed E-state index contributed by atoms with van der Waals surface area (Å²) in [7, 11) is -2.39. The van der Waals surface area contributed by atoms with E-state index in [2.05, 4.69) is 9.80 Å². The van der Waals surface area contributed by atoms with Crippen LogP contribution < -0.4 is 10.6 Å². The molecule has 12 heteroatoms. The summed E-state index contributed by atoms with van der Waals surface area (Å²) >= 11 is 0. The van der Waals surface area contributed by atoms with E-state index in [-0.39, 0.29) is 5.88 Å². The van der Waals surface area contributed by atoms with Crippen LogP contribution in [-0.4, -0.2) is 96.9 Å². The Hall–Kier alpha value is -3.06. The molecule has 5 rings (SSSR count). The zero-order valence-electron chi connectivity index (χ0n) is 19.4. The van der Waals surface area contributed by atoms with Gasteiger partial charge in [0.05, 0.1) is 30.5 Å². The average molecular weight is 500 g/mol. The Bertz CT molecular complexity index is 1270. The Morgan fingerprint density at radius 3 is 2.29 bits per heavy atom. The molecular formula is C23H29N7O4S. The van der Waals surface area contributed by atoms with Crippen LogP contribution in [0.1, 0.15) is 16.1 Å². The fourth-order valence-electron chi connectivity index (χ4n) is 4.52. The van der Waals surface area contributed by atoms with Crippen LogP contribution in [0.25, 0.3) is 16.9 Å². The van der Waals surface area contributed by atoms with Crippen LogP contribution in [0, 0.1) is 0 Å². The molecule has 0 spiro atoms. The SMILES string of the molecule is NC(=O)c1ccc(-c2cn3cc(CN4CCN(C[SH](=O)=O)CC4)nc3c(N3CCOCC3)n2)cc1. The normalized spacial score (nSPS) is 17.9. The summed E-state index contributed by atoms with van der Waals surface area (Å²) in [6, 6.07) is 7.12. The number of morpholine rings is 1. The summed E-state index contributed by atoms with van der Waals surface area (Å²) in [4.78, 5) is 27.8. The Morgan fingerprint density at radius 1 is 0.943 bits per heavy atom. The molecule has 2 saturated heterocycles. The number of amides is 1. The van der Waals surface area contributed by atoms with Gasteiger partial charge in [0, 0.05) is 69.3 Å². The second kappa shape index (κ2) is 10.3. The second-order valence-corrected chi connectivity index (χ2v) is 9.77. The highest BCUT2D eigenvalue weighted by molar-refractivity contribution is 7.72. The van der Waals surface area contributed by atoms with Gasteiger partial charge in [0.15, 0.2) is 22.2 Å². The highest BCUT2D eigenvalue weighted by Crippen LogP contribution is 2.26. The van der Waals surface area contributed by atoms with Crippen molar-refractivity contribution in [2.24, 2.45) is 5.73 Å². The van der Waals surface area contributed by atoms with E-state index < -0.39 is 16.6 Å². The Kier molecular flexibility index (Phi) is 6.95. The number of hydrogen-bond acceptors (Lipinski definition) is 9. The predicted molar refractivity (Wildman–Crippen MR) is 132 cm³/mol. The maximum Gasteiger partial charge on any atom is 0.248 e. The summed E-state index contributed by atoms with van der Waals surface area (Å²) < 4.78 is 29.6. The zero-order valence-corrected chi connectivity index (χ0v) is 20.3. The van der Waals surface area contributed by atoms with Crippen molar-refractivity contribution in [1.29, 1.82) is 0 Å². The monoisotopic (exact) mass is 499 g/mol. The van der Waals surface area contributed by atoms with Gasteiger partial charge in [0.1, 0.15) is 0 Å². The molecule has 0 atom stereocenters. The Morgan fingerprint density at radius 2 is 1.63 bits per heavy atom. The number of carbonyl (C=O) groups is 1. The number of benzene rings is 1. The maximum atomic E-state index is 11.5. The number of primary amides is 1. The molecule has 1 amide bonds. The summed E-state index contributed by atoms with van der Waals surface area (Å²) in [5.74, 6) is 0.464. The average Bonchev–Trinajstić information content (AvgIpc) is 3.27. The van der Waals surface area contributed by atoms with Crippen LogP contribution >= 0.6 is 0 Å². The van der Waals surface area contributed by atoms with Crippen LogP contribution in [0.4, 0.5) is 5.82 Å². The minimum atomic E-state index is -2.39. The van der Waals surface area contributed by atoms with E-state index in [1.807, 2.05) is 33.8 Å². The number of imidazole rings is 1. The maximum absolute atomic E-state index is 11.5. The molecule has 0 radical (unpaired) electrons. The molecule has 0 saturated carbocycles. The third-order valence-electron chi connectivity index (χ3n) is 6.41. The van der Waals surface area contributed by atoms with Crippen LogP contribution in [0.5, 0.6) is 0 Å². The number of hydrogen-bond donors (Lipinski definition) is 2. The van der Waals surface area contributed by atoms with E-state index >= 15 is 0 Å². The fraction of sp³-hybridized carbons (Fsp3) is 0.435. The standard InChI is InChI=1S/C23H29N7O4S/c24-21(31)18-3-1-17(2-4-18)20-15-30-14-19(13-27-5-7-28(8-6-27)16-35(32)33)25-22(30)23(26-20)29-9-11-34-12-10-29/h1-4,14-15,35H,5-13,16H2,(H2,24,31). The summed E-state index contributed by atoms with van der Waals surface area (Å²) in [6.07, 6.45) is 3.99. The lowest BCUT2D eigenvalue weighted by Gasteiger charge is -2.32. The van der Waals surface area contributed by atoms with Crippen molar-refractivity contribution in [3.05, 3.63) is 47.9 Å². The number of nitrogens with two attached hydrogens (primary N) is 1. The third kappa shape index (κ3) is 5.45. The van der Waals surface area contributed by atoms with Crippen molar-refractivity contribution in [3.63, 3.8) is 0 Å². The van der Waals surface area contributed by atoms with Gasteiger partial charge in [-0.2, -0.15) is 0 Å². The fourth-order valence-corrected chi connectivity index (χ4v) is 5.13. The number of fused-ring (bicyclic) bond motifs is 1. The number of nitrogens with zero attached hydrogens (tertiary/aromatic N) is 6. The molecule has 0 aliphatic carbocycles. The molecule has 2 aromatic heterocycles. The van der Waals surface area contributed by atoms with E-state index in [0.717, 1.165) is 67.7 Å². The molecule has 1 aromatic carbocycles. The third-order valence-corrected chi connectivity index (χ3v) is 7.04. The number of ether oxygens (including phenoxy) is 1. The van der Waals surface area contributed by atoms with Gasteiger partial charge in [0.25, 0.3) is 0 Å². The first kappa shape index (κ1) is 23.7. The molecule has 2 aliphatic heterocycles. The summed E-state index contributed by atoms with van der Waals surface area (Å²) in [5, 5.41) is 0. The molecule has 4 heterocycles. The van der Waals surface area contributed by atoms with Gasteiger partial charge in [0.2, 0.25) is 5.91 Å². The summed E-state index contributed by atoms with van der Waals surface area (Å²) in [6.45, 7) is 6.47. The van der Waals surface area contributed by atoms with Crippen molar-refractivity contribution in [2.75, 3.05) is 63.3 Å². The van der Waals surface area contributed by atoms with Gasteiger partial charge in [-0.05, 0) is 12.1 Å². The Labute approximate surface area is 205 Å². The molecule has 2 N–H and O–H groups in total. The minimum Gasteiger partial charge on any atom is -0.378 e. The molecule has 3 aromatic rings.